The van der Waals surface area contributed by atoms with E-state index in [0.29, 0.717) is 25.0 Å². The van der Waals surface area contributed by atoms with Crippen molar-refractivity contribution in [2.45, 2.75) is 61.7 Å². The van der Waals surface area contributed by atoms with Gasteiger partial charge in [-0.3, -0.25) is 14.4 Å². The van der Waals surface area contributed by atoms with E-state index in [0.717, 1.165) is 30.2 Å². The number of esters is 1. The Morgan fingerprint density at radius 3 is 2.65 bits per heavy atom. The summed E-state index contributed by atoms with van der Waals surface area (Å²) in [6.07, 6.45) is 3.11. The maximum atomic E-state index is 13.4. The third kappa shape index (κ3) is 6.04. The van der Waals surface area contributed by atoms with Gasteiger partial charge in [-0.15, -0.1) is 11.8 Å². The van der Waals surface area contributed by atoms with Crippen molar-refractivity contribution in [2.24, 2.45) is 0 Å². The molecule has 168 valence electrons. The van der Waals surface area contributed by atoms with Gasteiger partial charge in [-0.25, -0.2) is 4.79 Å². The number of ether oxygens (including phenoxy) is 1. The zero-order valence-corrected chi connectivity index (χ0v) is 19.4. The van der Waals surface area contributed by atoms with Crippen molar-refractivity contribution in [3.8, 4) is 0 Å². The van der Waals surface area contributed by atoms with Gasteiger partial charge in [0.25, 0.3) is 0 Å². The van der Waals surface area contributed by atoms with Gasteiger partial charge in [0.05, 0.1) is 17.7 Å². The topological polar surface area (TPSA) is 92.8 Å². The van der Waals surface area contributed by atoms with E-state index in [1.807, 2.05) is 30.3 Å². The molecule has 0 bridgehead atoms. The number of thioether (sulfide) groups is 2. The Kier molecular flexibility index (Phi) is 8.43. The predicted octanol–water partition coefficient (Wildman–Crippen LogP) is 2.38. The molecule has 4 atom stereocenters. The minimum Gasteiger partial charge on any atom is -0.467 e. The molecule has 31 heavy (non-hydrogen) atoms. The number of nitrogens with zero attached hydrogens (tertiary/aromatic N) is 1. The molecule has 2 aliphatic rings. The molecule has 3 rings (SSSR count). The average molecular weight is 465 g/mol. The Balaban J connectivity index is 1.75. The van der Waals surface area contributed by atoms with E-state index in [-0.39, 0.29) is 22.3 Å². The molecule has 2 saturated heterocycles. The van der Waals surface area contributed by atoms with Crippen LogP contribution in [0.2, 0.25) is 0 Å². The number of benzene rings is 1. The summed E-state index contributed by atoms with van der Waals surface area (Å²) in [4.78, 5) is 52.1. The molecule has 7 nitrogen and oxygen atoms in total. The summed E-state index contributed by atoms with van der Waals surface area (Å²) in [5.41, 5.74) is 0.945. The highest BCUT2D eigenvalue weighted by Crippen LogP contribution is 2.34. The summed E-state index contributed by atoms with van der Waals surface area (Å²) < 4.78 is 4.92. The van der Waals surface area contributed by atoms with Crippen LogP contribution in [-0.2, 0) is 30.3 Å². The number of carbonyl (C=O) groups excluding carboxylic acids is 4. The van der Waals surface area contributed by atoms with E-state index < -0.39 is 23.3 Å². The lowest BCUT2D eigenvalue weighted by Gasteiger charge is -2.40. The Hall–Kier alpha value is -2.00. The Morgan fingerprint density at radius 2 is 1.97 bits per heavy atom. The lowest BCUT2D eigenvalue weighted by atomic mass is 10.00. The number of amides is 2. The standard InChI is InChI=1S/C22H28N2O5S2/c1-14(25)31-18(13-15-7-4-3-5-8-15)20(26)23-16-11-12-30-19-10-6-9-17(22(28)29-2)24(19)21(16)27/h3-5,7-8,16-19H,6,9-13H2,1-2H3,(H,23,26)/t16-,17?,18-,19-/m0/s1. The molecular formula is C22H28N2O5S2. The van der Waals surface area contributed by atoms with Crippen LogP contribution in [0, 0.1) is 0 Å². The van der Waals surface area contributed by atoms with Crippen LogP contribution < -0.4 is 5.32 Å². The van der Waals surface area contributed by atoms with Crippen LogP contribution in [0.3, 0.4) is 0 Å². The van der Waals surface area contributed by atoms with Crippen molar-refractivity contribution >= 4 is 46.4 Å². The van der Waals surface area contributed by atoms with Gasteiger partial charge >= 0.3 is 5.97 Å². The highest BCUT2D eigenvalue weighted by atomic mass is 32.2. The SMILES string of the molecule is COC(=O)C1CCC[C@@H]2SCC[C@H](NC(=O)[C@H](Cc3ccccc3)SC(C)=O)C(=O)N12. The molecule has 0 radical (unpaired) electrons. The number of fused-ring (bicyclic) bond motifs is 1. The molecule has 1 aromatic carbocycles. The van der Waals surface area contributed by atoms with E-state index >= 15 is 0 Å². The summed E-state index contributed by atoms with van der Waals surface area (Å²) in [5.74, 6) is -0.295. The zero-order valence-electron chi connectivity index (χ0n) is 17.7. The minimum atomic E-state index is -0.721. The largest absolute Gasteiger partial charge is 0.467 e. The second-order valence-corrected chi connectivity index (χ2v) is 10.3. The maximum absolute atomic E-state index is 13.4. The number of hydrogen-bond acceptors (Lipinski definition) is 7. The van der Waals surface area contributed by atoms with Gasteiger partial charge in [0.1, 0.15) is 12.1 Å². The first kappa shape index (κ1) is 23.7. The summed E-state index contributed by atoms with van der Waals surface area (Å²) in [7, 11) is 1.33. The first-order chi connectivity index (χ1) is 14.9. The summed E-state index contributed by atoms with van der Waals surface area (Å²) in [5, 5.41) is 2.01. The van der Waals surface area contributed by atoms with Crippen LogP contribution in [0.1, 0.15) is 38.2 Å². The normalized spacial score (nSPS) is 24.5. The van der Waals surface area contributed by atoms with Crippen LogP contribution in [0.5, 0.6) is 0 Å². The number of methoxy groups -OCH3 is 1. The van der Waals surface area contributed by atoms with E-state index in [1.54, 1.807) is 16.7 Å². The number of hydrogen-bond donors (Lipinski definition) is 1. The van der Waals surface area contributed by atoms with Gasteiger partial charge < -0.3 is 15.0 Å². The number of carbonyl (C=O) groups is 4. The second-order valence-electron chi connectivity index (χ2n) is 7.68. The summed E-state index contributed by atoms with van der Waals surface area (Å²) in [6.45, 7) is 1.43. The van der Waals surface area contributed by atoms with E-state index in [4.69, 9.17) is 4.74 Å². The molecule has 1 aromatic rings. The highest BCUT2D eigenvalue weighted by molar-refractivity contribution is 8.14. The molecule has 2 amide bonds. The highest BCUT2D eigenvalue weighted by Gasteiger charge is 2.43. The smallest absolute Gasteiger partial charge is 0.328 e. The van der Waals surface area contributed by atoms with Gasteiger partial charge in [0, 0.05) is 6.92 Å². The monoisotopic (exact) mass is 464 g/mol. The van der Waals surface area contributed by atoms with Crippen LogP contribution in [0.15, 0.2) is 30.3 Å². The third-order valence-corrected chi connectivity index (χ3v) is 7.81. The molecule has 0 spiro atoms. The Morgan fingerprint density at radius 1 is 1.23 bits per heavy atom. The fourth-order valence-electron chi connectivity index (χ4n) is 4.03. The van der Waals surface area contributed by atoms with Crippen molar-refractivity contribution in [1.82, 2.24) is 10.2 Å². The first-order valence-corrected chi connectivity index (χ1v) is 12.4. The molecule has 1 N–H and O–H groups in total. The lowest BCUT2D eigenvalue weighted by Crippen LogP contribution is -2.58. The number of rotatable bonds is 6. The van der Waals surface area contributed by atoms with E-state index in [2.05, 4.69) is 5.32 Å². The van der Waals surface area contributed by atoms with Gasteiger partial charge in [-0.2, -0.15) is 0 Å². The van der Waals surface area contributed by atoms with Gasteiger partial charge in [-0.1, -0.05) is 42.1 Å². The molecule has 2 aliphatic heterocycles. The lowest BCUT2D eigenvalue weighted by molar-refractivity contribution is -0.156. The van der Waals surface area contributed by atoms with Crippen molar-refractivity contribution < 1.29 is 23.9 Å². The molecule has 0 aromatic heterocycles. The van der Waals surface area contributed by atoms with Crippen LogP contribution in [0.4, 0.5) is 0 Å². The Bertz CT molecular complexity index is 819. The molecule has 1 unspecified atom stereocenters. The number of nitrogens with one attached hydrogen (secondary N) is 1. The Labute approximate surface area is 191 Å². The zero-order chi connectivity index (χ0) is 22.4. The third-order valence-electron chi connectivity index (χ3n) is 5.50. The maximum Gasteiger partial charge on any atom is 0.328 e. The minimum absolute atomic E-state index is 0.0843. The molecular weight excluding hydrogens is 436 g/mol. The molecule has 2 fully saturated rings. The fourth-order valence-corrected chi connectivity index (χ4v) is 6.27. The fraction of sp³-hybridized carbons (Fsp3) is 0.545. The van der Waals surface area contributed by atoms with E-state index in [9.17, 15) is 19.2 Å². The van der Waals surface area contributed by atoms with Crippen LogP contribution in [-0.4, -0.2) is 63.4 Å². The quantitative estimate of drug-likeness (QED) is 0.646. The van der Waals surface area contributed by atoms with E-state index in [1.165, 1.54) is 14.0 Å². The van der Waals surface area contributed by atoms with Crippen molar-refractivity contribution in [1.29, 1.82) is 0 Å². The summed E-state index contributed by atoms with van der Waals surface area (Å²) >= 11 is 2.62. The molecule has 0 aliphatic carbocycles. The van der Waals surface area contributed by atoms with Gasteiger partial charge in [0.15, 0.2) is 5.12 Å². The first-order valence-electron chi connectivity index (χ1n) is 10.4. The van der Waals surface area contributed by atoms with Crippen molar-refractivity contribution in [2.75, 3.05) is 12.9 Å². The van der Waals surface area contributed by atoms with Crippen molar-refractivity contribution in [3.63, 3.8) is 0 Å². The van der Waals surface area contributed by atoms with Crippen LogP contribution in [0.25, 0.3) is 0 Å². The number of piperidine rings is 1. The van der Waals surface area contributed by atoms with Gasteiger partial charge in [-0.05, 0) is 43.4 Å². The summed E-state index contributed by atoms with van der Waals surface area (Å²) in [6, 6.07) is 8.15. The molecule has 0 saturated carbocycles. The predicted molar refractivity (Wildman–Crippen MR) is 122 cm³/mol. The molecule has 9 heteroatoms. The second kappa shape index (κ2) is 11.0. The van der Waals surface area contributed by atoms with Crippen molar-refractivity contribution in [3.05, 3.63) is 35.9 Å². The molecule has 2 heterocycles. The van der Waals surface area contributed by atoms with Crippen LogP contribution >= 0.6 is 23.5 Å². The van der Waals surface area contributed by atoms with Gasteiger partial charge in [0.2, 0.25) is 11.8 Å². The average Bonchev–Trinajstić information content (AvgIpc) is 2.92.